The third-order valence-electron chi connectivity index (χ3n) is 5.90. The van der Waals surface area contributed by atoms with Crippen LogP contribution in [0.5, 0.6) is 5.88 Å². The average molecular weight is 531 g/mol. The van der Waals surface area contributed by atoms with E-state index in [-0.39, 0.29) is 22.1 Å². The van der Waals surface area contributed by atoms with Gasteiger partial charge in [-0.2, -0.15) is 0 Å². The highest BCUT2D eigenvalue weighted by atomic mass is 32.2. The molecule has 11 nitrogen and oxygen atoms in total. The molecule has 3 aromatic rings. The first-order valence-corrected chi connectivity index (χ1v) is 14.1. The molecule has 1 unspecified atom stereocenters. The Kier molecular flexibility index (Phi) is 7.12. The van der Waals surface area contributed by atoms with Gasteiger partial charge in [0.15, 0.2) is 5.01 Å². The number of ether oxygens (including phenoxy) is 2. The zero-order valence-corrected chi connectivity index (χ0v) is 21.2. The minimum Gasteiger partial charge on any atom is -0.477 e. The van der Waals surface area contributed by atoms with Crippen LogP contribution in [0.15, 0.2) is 36.9 Å². The normalized spacial score (nSPS) is 18.5. The number of pyridine rings is 1. The lowest BCUT2D eigenvalue weighted by molar-refractivity contribution is 0.0914. The van der Waals surface area contributed by atoms with Crippen LogP contribution in [0.2, 0.25) is 0 Å². The quantitative estimate of drug-likeness (QED) is 0.404. The van der Waals surface area contributed by atoms with Gasteiger partial charge in [-0.15, -0.1) is 11.3 Å². The van der Waals surface area contributed by atoms with E-state index in [0.29, 0.717) is 60.5 Å². The second-order valence-electron chi connectivity index (χ2n) is 8.60. The zero-order chi connectivity index (χ0) is 25.1. The van der Waals surface area contributed by atoms with Gasteiger partial charge in [0.05, 0.1) is 53.2 Å². The molecule has 1 aliphatic heterocycles. The molecular formula is C23H26N6O5S2. The predicted molar refractivity (Wildman–Crippen MR) is 133 cm³/mol. The number of amides is 1. The van der Waals surface area contributed by atoms with Crippen LogP contribution >= 0.6 is 11.3 Å². The second-order valence-corrected chi connectivity index (χ2v) is 11.6. The number of aromatic nitrogens is 4. The minimum atomic E-state index is -3.42. The summed E-state index contributed by atoms with van der Waals surface area (Å²) < 4.78 is 38.4. The van der Waals surface area contributed by atoms with Gasteiger partial charge in [0.2, 0.25) is 15.9 Å². The maximum absolute atomic E-state index is 13.2. The van der Waals surface area contributed by atoms with Gasteiger partial charge in [-0.3, -0.25) is 19.5 Å². The van der Waals surface area contributed by atoms with E-state index >= 15 is 0 Å². The molecule has 5 rings (SSSR count). The summed E-state index contributed by atoms with van der Waals surface area (Å²) in [7, 11) is -3.42. The number of rotatable bonds is 10. The van der Waals surface area contributed by atoms with Gasteiger partial charge in [0, 0.05) is 24.9 Å². The molecule has 190 valence electrons. The number of nitrogens with one attached hydrogen (secondary N) is 2. The summed E-state index contributed by atoms with van der Waals surface area (Å²) >= 11 is 1.20. The van der Waals surface area contributed by atoms with Crippen LogP contribution in [0.4, 0.5) is 5.69 Å². The number of thiazole rings is 1. The van der Waals surface area contributed by atoms with Gasteiger partial charge in [-0.05, 0) is 38.3 Å². The lowest BCUT2D eigenvalue weighted by atomic mass is 9.95. The van der Waals surface area contributed by atoms with Crippen molar-refractivity contribution in [2.24, 2.45) is 5.92 Å². The predicted octanol–water partition coefficient (Wildman–Crippen LogP) is 2.81. The van der Waals surface area contributed by atoms with Crippen molar-refractivity contribution >= 4 is 33.0 Å². The highest BCUT2D eigenvalue weighted by molar-refractivity contribution is 7.93. The van der Waals surface area contributed by atoms with Gasteiger partial charge >= 0.3 is 0 Å². The number of nitrogens with zero attached hydrogens (tertiary/aromatic N) is 4. The van der Waals surface area contributed by atoms with E-state index < -0.39 is 16.1 Å². The SMILES string of the molecule is CCOc1cncc(-c2cnc(C(=O)NC(c3cc(NS(=O)(=O)C4CC4)ccn3)[C@H]3CCOC3)s2)n1. The molecule has 0 aromatic carbocycles. The molecular weight excluding hydrogens is 504 g/mol. The summed E-state index contributed by atoms with van der Waals surface area (Å²) in [6.45, 7) is 3.38. The Morgan fingerprint density at radius 3 is 2.86 bits per heavy atom. The molecule has 0 radical (unpaired) electrons. The molecule has 0 bridgehead atoms. The Morgan fingerprint density at radius 2 is 2.11 bits per heavy atom. The van der Waals surface area contributed by atoms with Crippen LogP contribution in [-0.2, 0) is 14.8 Å². The monoisotopic (exact) mass is 530 g/mol. The van der Waals surface area contributed by atoms with Crippen LogP contribution in [0.3, 0.4) is 0 Å². The summed E-state index contributed by atoms with van der Waals surface area (Å²) in [6, 6.07) is 2.81. The Labute approximate surface area is 212 Å². The van der Waals surface area contributed by atoms with Gasteiger partial charge in [0.1, 0.15) is 5.69 Å². The van der Waals surface area contributed by atoms with Gasteiger partial charge < -0.3 is 14.8 Å². The van der Waals surface area contributed by atoms with E-state index in [9.17, 15) is 13.2 Å². The van der Waals surface area contributed by atoms with Crippen molar-refractivity contribution in [2.45, 2.75) is 37.5 Å². The highest BCUT2D eigenvalue weighted by Gasteiger charge is 2.36. The lowest BCUT2D eigenvalue weighted by Gasteiger charge is -2.23. The van der Waals surface area contributed by atoms with E-state index in [2.05, 4.69) is 30.0 Å². The number of sulfonamides is 1. The molecule has 1 amide bonds. The Balaban J connectivity index is 1.35. The maximum atomic E-state index is 13.2. The minimum absolute atomic E-state index is 0.00934. The van der Waals surface area contributed by atoms with E-state index in [1.807, 2.05) is 6.92 Å². The third-order valence-corrected chi connectivity index (χ3v) is 8.79. The van der Waals surface area contributed by atoms with Crippen molar-refractivity contribution < 1.29 is 22.7 Å². The average Bonchev–Trinajstić information content (AvgIpc) is 3.38. The standard InChI is InChI=1S/C23H26N6O5S2/c1-2-34-20-12-24-10-18(27-20)19-11-26-23(35-19)22(30)28-21(14-6-8-33-13-14)17-9-15(5-7-25-17)29-36(31,32)16-3-4-16/h5,7,9-12,14,16,21H,2-4,6,8,13H2,1H3,(H,25,29)(H,28,30)/t14-,21?/m0/s1. The third kappa shape index (κ3) is 5.63. The van der Waals surface area contributed by atoms with Gasteiger partial charge in [-0.1, -0.05) is 0 Å². The van der Waals surface area contributed by atoms with E-state index in [1.54, 1.807) is 30.7 Å². The molecule has 2 fully saturated rings. The van der Waals surface area contributed by atoms with Crippen LogP contribution in [0.25, 0.3) is 10.6 Å². The van der Waals surface area contributed by atoms with Crippen molar-refractivity contribution in [2.75, 3.05) is 24.5 Å². The largest absolute Gasteiger partial charge is 0.477 e. The smallest absolute Gasteiger partial charge is 0.280 e. The molecule has 36 heavy (non-hydrogen) atoms. The second kappa shape index (κ2) is 10.4. The van der Waals surface area contributed by atoms with E-state index in [0.717, 1.165) is 6.42 Å². The fraction of sp³-hybridized carbons (Fsp3) is 0.435. The number of hydrogen-bond acceptors (Lipinski definition) is 10. The van der Waals surface area contributed by atoms with Crippen LogP contribution in [-0.4, -0.2) is 59.3 Å². The van der Waals surface area contributed by atoms with Crippen LogP contribution in [0.1, 0.15) is 47.7 Å². The summed E-state index contributed by atoms with van der Waals surface area (Å²) in [5.41, 5.74) is 1.55. The molecule has 1 aliphatic carbocycles. The first-order chi connectivity index (χ1) is 17.4. The molecule has 2 N–H and O–H groups in total. The highest BCUT2D eigenvalue weighted by Crippen LogP contribution is 2.33. The number of hydrogen-bond donors (Lipinski definition) is 2. The fourth-order valence-electron chi connectivity index (χ4n) is 3.94. The summed E-state index contributed by atoms with van der Waals surface area (Å²) in [5, 5.41) is 2.97. The molecule has 3 aromatic heterocycles. The topological polar surface area (TPSA) is 145 Å². The maximum Gasteiger partial charge on any atom is 0.280 e. The molecule has 2 atom stereocenters. The zero-order valence-electron chi connectivity index (χ0n) is 19.6. The van der Waals surface area contributed by atoms with Crippen molar-refractivity contribution in [3.63, 3.8) is 0 Å². The Morgan fingerprint density at radius 1 is 1.25 bits per heavy atom. The fourth-order valence-corrected chi connectivity index (χ4v) is 6.09. The number of carbonyl (C=O) groups is 1. The van der Waals surface area contributed by atoms with Crippen LogP contribution < -0.4 is 14.8 Å². The van der Waals surface area contributed by atoms with E-state index in [4.69, 9.17) is 9.47 Å². The van der Waals surface area contributed by atoms with Gasteiger partial charge in [-0.25, -0.2) is 18.4 Å². The molecule has 1 saturated heterocycles. The van der Waals surface area contributed by atoms with Crippen molar-refractivity contribution in [3.8, 4) is 16.5 Å². The number of carbonyl (C=O) groups excluding carboxylic acids is 1. The molecule has 1 saturated carbocycles. The molecule has 13 heteroatoms. The van der Waals surface area contributed by atoms with Crippen molar-refractivity contribution in [1.29, 1.82) is 0 Å². The summed E-state index contributed by atoms with van der Waals surface area (Å²) in [6.07, 6.45) is 8.33. The van der Waals surface area contributed by atoms with Gasteiger partial charge in [0.25, 0.3) is 5.91 Å². The Bertz CT molecular complexity index is 1340. The van der Waals surface area contributed by atoms with E-state index in [1.165, 1.54) is 17.5 Å². The summed E-state index contributed by atoms with van der Waals surface area (Å²) in [4.78, 5) is 31.2. The van der Waals surface area contributed by atoms with Crippen LogP contribution in [0, 0.1) is 5.92 Å². The lowest BCUT2D eigenvalue weighted by Crippen LogP contribution is -2.34. The van der Waals surface area contributed by atoms with Crippen molar-refractivity contribution in [3.05, 3.63) is 47.6 Å². The van der Waals surface area contributed by atoms with Crippen molar-refractivity contribution in [1.82, 2.24) is 25.3 Å². The molecule has 2 aliphatic rings. The molecule has 0 spiro atoms. The Hall–Kier alpha value is -3.16. The summed E-state index contributed by atoms with van der Waals surface area (Å²) in [5.74, 6) is 0.0340. The molecule has 4 heterocycles. The first-order valence-electron chi connectivity index (χ1n) is 11.7. The number of anilines is 1. The first kappa shape index (κ1) is 24.5.